The number of carboxylic acid groups (broad SMARTS) is 1. The van der Waals surface area contributed by atoms with Gasteiger partial charge in [0, 0.05) is 13.2 Å². The summed E-state index contributed by atoms with van der Waals surface area (Å²) in [6.07, 6.45) is 3.26. The van der Waals surface area contributed by atoms with Gasteiger partial charge in [-0.15, -0.1) is 11.3 Å². The Morgan fingerprint density at radius 3 is 2.78 bits per heavy atom. The Balaban J connectivity index is 1.84. The standard InChI is InChI=1S/C12H15NO4S/c14-11(9-4-5-10(18-9)12(15)16)13-7-8-3-1-2-6-17-8/h4-5,8H,1-3,6-7H2,(H,13,14)(H,15,16). The number of carbonyl (C=O) groups excluding carboxylic acids is 1. The quantitative estimate of drug-likeness (QED) is 0.873. The van der Waals surface area contributed by atoms with Gasteiger partial charge in [-0.25, -0.2) is 4.79 Å². The predicted molar refractivity (Wildman–Crippen MR) is 67.2 cm³/mol. The maximum atomic E-state index is 11.8. The highest BCUT2D eigenvalue weighted by molar-refractivity contribution is 7.15. The number of thiophene rings is 1. The van der Waals surface area contributed by atoms with E-state index in [0.29, 0.717) is 11.4 Å². The average Bonchev–Trinajstić information content (AvgIpc) is 2.87. The predicted octanol–water partition coefficient (Wildman–Crippen LogP) is 1.75. The third-order valence-corrected chi connectivity index (χ3v) is 3.88. The molecule has 98 valence electrons. The number of hydrogen-bond donors (Lipinski definition) is 2. The van der Waals surface area contributed by atoms with Crippen molar-refractivity contribution in [1.82, 2.24) is 5.32 Å². The Labute approximate surface area is 109 Å². The first-order chi connectivity index (χ1) is 8.66. The van der Waals surface area contributed by atoms with Crippen molar-refractivity contribution >= 4 is 23.2 Å². The van der Waals surface area contributed by atoms with Crippen LogP contribution in [0.5, 0.6) is 0 Å². The molecule has 0 radical (unpaired) electrons. The van der Waals surface area contributed by atoms with Crippen LogP contribution >= 0.6 is 11.3 Å². The van der Waals surface area contributed by atoms with Crippen molar-refractivity contribution < 1.29 is 19.4 Å². The lowest BCUT2D eigenvalue weighted by molar-refractivity contribution is 0.0169. The molecule has 1 fully saturated rings. The lowest BCUT2D eigenvalue weighted by Crippen LogP contribution is -2.35. The first kappa shape index (κ1) is 13.0. The van der Waals surface area contributed by atoms with Crippen LogP contribution in [0.4, 0.5) is 0 Å². The monoisotopic (exact) mass is 269 g/mol. The van der Waals surface area contributed by atoms with E-state index in [1.807, 2.05) is 0 Å². The van der Waals surface area contributed by atoms with Gasteiger partial charge >= 0.3 is 5.97 Å². The Bertz CT molecular complexity index is 437. The van der Waals surface area contributed by atoms with Gasteiger partial charge in [-0.05, 0) is 31.4 Å². The lowest BCUT2D eigenvalue weighted by atomic mass is 10.1. The number of hydrogen-bond acceptors (Lipinski definition) is 4. The minimum Gasteiger partial charge on any atom is -0.477 e. The summed E-state index contributed by atoms with van der Waals surface area (Å²) in [6, 6.07) is 2.98. The van der Waals surface area contributed by atoms with Crippen LogP contribution < -0.4 is 5.32 Å². The molecular weight excluding hydrogens is 254 g/mol. The summed E-state index contributed by atoms with van der Waals surface area (Å²) in [5.74, 6) is -1.24. The first-order valence-corrected chi connectivity index (χ1v) is 6.71. The van der Waals surface area contributed by atoms with Crippen LogP contribution in [0.15, 0.2) is 12.1 Å². The van der Waals surface area contributed by atoms with Gasteiger partial charge in [-0.2, -0.15) is 0 Å². The lowest BCUT2D eigenvalue weighted by Gasteiger charge is -2.22. The molecule has 0 saturated carbocycles. The highest BCUT2D eigenvalue weighted by Gasteiger charge is 2.17. The van der Waals surface area contributed by atoms with Gasteiger partial charge in [0.15, 0.2) is 0 Å². The maximum Gasteiger partial charge on any atom is 0.345 e. The molecule has 1 atom stereocenters. The van der Waals surface area contributed by atoms with Crippen molar-refractivity contribution in [2.75, 3.05) is 13.2 Å². The van der Waals surface area contributed by atoms with Crippen LogP contribution in [0.25, 0.3) is 0 Å². The first-order valence-electron chi connectivity index (χ1n) is 5.90. The Kier molecular flexibility index (Phi) is 4.33. The van der Waals surface area contributed by atoms with Gasteiger partial charge < -0.3 is 15.2 Å². The van der Waals surface area contributed by atoms with E-state index in [-0.39, 0.29) is 16.9 Å². The molecule has 2 heterocycles. The summed E-state index contributed by atoms with van der Waals surface area (Å²) in [7, 11) is 0. The molecule has 0 spiro atoms. The Hall–Kier alpha value is -1.40. The summed E-state index contributed by atoms with van der Waals surface area (Å²) in [4.78, 5) is 23.1. The van der Waals surface area contributed by atoms with E-state index >= 15 is 0 Å². The van der Waals surface area contributed by atoms with Crippen LogP contribution in [0.1, 0.15) is 38.6 Å². The van der Waals surface area contributed by atoms with E-state index in [0.717, 1.165) is 37.2 Å². The van der Waals surface area contributed by atoms with Crippen molar-refractivity contribution in [1.29, 1.82) is 0 Å². The van der Waals surface area contributed by atoms with Crippen LogP contribution in [0, 0.1) is 0 Å². The van der Waals surface area contributed by atoms with Gasteiger partial charge in [0.05, 0.1) is 11.0 Å². The fourth-order valence-corrected chi connectivity index (χ4v) is 2.60. The highest BCUT2D eigenvalue weighted by Crippen LogP contribution is 2.17. The Morgan fingerprint density at radius 1 is 1.39 bits per heavy atom. The molecular formula is C12H15NO4S. The molecule has 1 aromatic heterocycles. The normalized spacial score (nSPS) is 19.4. The smallest absolute Gasteiger partial charge is 0.345 e. The van der Waals surface area contributed by atoms with E-state index in [9.17, 15) is 9.59 Å². The number of carbonyl (C=O) groups is 2. The molecule has 1 unspecified atom stereocenters. The average molecular weight is 269 g/mol. The number of rotatable bonds is 4. The van der Waals surface area contributed by atoms with E-state index in [1.165, 1.54) is 12.1 Å². The van der Waals surface area contributed by atoms with Crippen molar-refractivity contribution in [3.63, 3.8) is 0 Å². The molecule has 18 heavy (non-hydrogen) atoms. The fraction of sp³-hybridized carbons (Fsp3) is 0.500. The molecule has 1 saturated heterocycles. The van der Waals surface area contributed by atoms with Crippen molar-refractivity contribution in [3.8, 4) is 0 Å². The number of carboxylic acids is 1. The summed E-state index contributed by atoms with van der Waals surface area (Å²) in [5, 5.41) is 11.5. The summed E-state index contributed by atoms with van der Waals surface area (Å²) >= 11 is 0.983. The number of ether oxygens (including phenoxy) is 1. The molecule has 1 aromatic rings. The maximum absolute atomic E-state index is 11.8. The third-order valence-electron chi connectivity index (χ3n) is 2.80. The number of amides is 1. The van der Waals surface area contributed by atoms with Crippen molar-refractivity contribution in [2.45, 2.75) is 25.4 Å². The molecule has 0 aliphatic carbocycles. The zero-order valence-electron chi connectivity index (χ0n) is 9.85. The van der Waals surface area contributed by atoms with E-state index in [2.05, 4.69) is 5.32 Å². The summed E-state index contributed by atoms with van der Waals surface area (Å²) < 4.78 is 5.50. The second-order valence-corrected chi connectivity index (χ2v) is 5.25. The van der Waals surface area contributed by atoms with Gasteiger partial charge in [-0.3, -0.25) is 4.79 Å². The van der Waals surface area contributed by atoms with Crippen LogP contribution in [-0.4, -0.2) is 36.2 Å². The third kappa shape index (κ3) is 3.30. The van der Waals surface area contributed by atoms with E-state index in [1.54, 1.807) is 0 Å². The van der Waals surface area contributed by atoms with Crippen LogP contribution in [-0.2, 0) is 4.74 Å². The van der Waals surface area contributed by atoms with Gasteiger partial charge in [-0.1, -0.05) is 0 Å². The molecule has 5 nitrogen and oxygen atoms in total. The van der Waals surface area contributed by atoms with Crippen LogP contribution in [0.3, 0.4) is 0 Å². The molecule has 1 aliphatic rings. The van der Waals surface area contributed by atoms with E-state index in [4.69, 9.17) is 9.84 Å². The number of aromatic carboxylic acids is 1. The molecule has 1 aliphatic heterocycles. The molecule has 2 rings (SSSR count). The summed E-state index contributed by atoms with van der Waals surface area (Å²) in [6.45, 7) is 1.24. The highest BCUT2D eigenvalue weighted by atomic mass is 32.1. The molecule has 2 N–H and O–H groups in total. The summed E-state index contributed by atoms with van der Waals surface area (Å²) in [5.41, 5.74) is 0. The molecule has 1 amide bonds. The van der Waals surface area contributed by atoms with Crippen LogP contribution in [0.2, 0.25) is 0 Å². The molecule has 0 aromatic carbocycles. The fourth-order valence-electron chi connectivity index (χ4n) is 1.84. The van der Waals surface area contributed by atoms with E-state index < -0.39 is 5.97 Å². The topological polar surface area (TPSA) is 75.6 Å². The van der Waals surface area contributed by atoms with Crippen molar-refractivity contribution in [2.24, 2.45) is 0 Å². The Morgan fingerprint density at radius 2 is 2.17 bits per heavy atom. The number of nitrogens with one attached hydrogen (secondary N) is 1. The second kappa shape index (κ2) is 5.97. The zero-order valence-corrected chi connectivity index (χ0v) is 10.7. The largest absolute Gasteiger partial charge is 0.477 e. The van der Waals surface area contributed by atoms with Gasteiger partial charge in [0.2, 0.25) is 0 Å². The van der Waals surface area contributed by atoms with Crippen molar-refractivity contribution in [3.05, 3.63) is 21.9 Å². The second-order valence-electron chi connectivity index (χ2n) is 4.17. The molecule has 0 bridgehead atoms. The SMILES string of the molecule is O=C(O)c1ccc(C(=O)NCC2CCCCO2)s1. The zero-order chi connectivity index (χ0) is 13.0. The molecule has 6 heteroatoms. The van der Waals surface area contributed by atoms with Gasteiger partial charge in [0.25, 0.3) is 5.91 Å². The van der Waals surface area contributed by atoms with Gasteiger partial charge in [0.1, 0.15) is 4.88 Å². The minimum atomic E-state index is -1.00. The minimum absolute atomic E-state index is 0.0848.